The molecule has 0 amide bonds. The van der Waals surface area contributed by atoms with Crippen LogP contribution >= 0.6 is 11.3 Å². The van der Waals surface area contributed by atoms with Crippen molar-refractivity contribution < 1.29 is 9.85 Å². The summed E-state index contributed by atoms with van der Waals surface area (Å²) in [7, 11) is 0. The van der Waals surface area contributed by atoms with E-state index in [0.717, 1.165) is 11.6 Å². The van der Waals surface area contributed by atoms with Crippen LogP contribution < -0.4 is 0 Å². The van der Waals surface area contributed by atoms with Gasteiger partial charge in [-0.3, -0.25) is 20.2 Å². The Hall–Kier alpha value is -2.87. The Balaban J connectivity index is 2.29. The van der Waals surface area contributed by atoms with Crippen molar-refractivity contribution >= 4 is 32.9 Å². The van der Waals surface area contributed by atoms with Gasteiger partial charge in [-0.2, -0.15) is 0 Å². The van der Waals surface area contributed by atoms with Crippen molar-refractivity contribution in [2.75, 3.05) is 0 Å². The number of nitro groups is 2. The molecule has 0 bridgehead atoms. The molecule has 0 saturated carbocycles. The number of benzene rings is 2. The second-order valence-corrected chi connectivity index (χ2v) is 5.21. The number of nitrogens with zero attached hydrogens (tertiary/aromatic N) is 3. The van der Waals surface area contributed by atoms with Gasteiger partial charge in [0, 0.05) is 11.6 Å². The molecule has 0 N–H and O–H groups in total. The maximum atomic E-state index is 11.2. The van der Waals surface area contributed by atoms with Crippen molar-refractivity contribution in [3.05, 3.63) is 62.7 Å². The average Bonchev–Trinajstić information content (AvgIpc) is 2.90. The van der Waals surface area contributed by atoms with Crippen LogP contribution in [0.3, 0.4) is 0 Å². The monoisotopic (exact) mass is 301 g/mol. The summed E-state index contributed by atoms with van der Waals surface area (Å²) in [5.74, 6) is 0. The summed E-state index contributed by atoms with van der Waals surface area (Å²) in [6.07, 6.45) is 0. The molecule has 3 rings (SSSR count). The minimum absolute atomic E-state index is 0.0538. The third kappa shape index (κ3) is 2.21. The van der Waals surface area contributed by atoms with Crippen molar-refractivity contribution in [2.24, 2.45) is 0 Å². The van der Waals surface area contributed by atoms with Crippen LogP contribution in [0.4, 0.5) is 11.4 Å². The first kappa shape index (κ1) is 13.1. The molecule has 8 heteroatoms. The van der Waals surface area contributed by atoms with Crippen LogP contribution in [0.15, 0.2) is 42.5 Å². The van der Waals surface area contributed by atoms with E-state index in [1.807, 2.05) is 30.3 Å². The van der Waals surface area contributed by atoms with Crippen molar-refractivity contribution in [1.29, 1.82) is 0 Å². The molecule has 1 heterocycles. The van der Waals surface area contributed by atoms with E-state index in [9.17, 15) is 20.2 Å². The summed E-state index contributed by atoms with van der Waals surface area (Å²) in [6, 6.07) is 11.8. The Labute approximate surface area is 121 Å². The lowest BCUT2D eigenvalue weighted by molar-refractivity contribution is -0.421. The minimum atomic E-state index is -0.765. The molecule has 0 fully saturated rings. The highest BCUT2D eigenvalue weighted by Crippen LogP contribution is 2.39. The summed E-state index contributed by atoms with van der Waals surface area (Å²) in [5.41, 5.74) is -0.234. The zero-order valence-electron chi connectivity index (χ0n) is 10.4. The van der Waals surface area contributed by atoms with E-state index in [2.05, 4.69) is 4.98 Å². The van der Waals surface area contributed by atoms with Crippen molar-refractivity contribution in [3.63, 3.8) is 0 Å². The van der Waals surface area contributed by atoms with E-state index in [-0.39, 0.29) is 5.52 Å². The third-order valence-electron chi connectivity index (χ3n) is 2.91. The van der Waals surface area contributed by atoms with Crippen LogP contribution in [0.25, 0.3) is 20.8 Å². The smallest absolute Gasteiger partial charge is 0.258 e. The largest absolute Gasteiger partial charge is 0.372 e. The van der Waals surface area contributed by atoms with Crippen molar-refractivity contribution in [3.8, 4) is 10.6 Å². The lowest BCUT2D eigenvalue weighted by Crippen LogP contribution is -1.97. The van der Waals surface area contributed by atoms with Crippen LogP contribution in [0, 0.1) is 20.2 Å². The molecule has 0 unspecified atom stereocenters. The lowest BCUT2D eigenvalue weighted by atomic mass is 10.2. The highest BCUT2D eigenvalue weighted by atomic mass is 32.1. The standard InChI is InChI=1S/C13H7N3O4S/c17-15(18)9-6-7-10-11(12(9)16(19)20)14-13(21-10)8-4-2-1-3-5-8/h1-7H. The van der Waals surface area contributed by atoms with Crippen molar-refractivity contribution in [2.45, 2.75) is 0 Å². The Morgan fingerprint density at radius 2 is 1.67 bits per heavy atom. The number of nitro benzene ring substituents is 2. The van der Waals surface area contributed by atoms with Gasteiger partial charge in [0.05, 0.1) is 14.5 Å². The summed E-state index contributed by atoms with van der Waals surface area (Å²) >= 11 is 1.26. The summed E-state index contributed by atoms with van der Waals surface area (Å²) in [6.45, 7) is 0. The summed E-state index contributed by atoms with van der Waals surface area (Å²) in [4.78, 5) is 24.8. The number of hydrogen-bond donors (Lipinski definition) is 0. The van der Waals surface area contributed by atoms with Crippen LogP contribution in [-0.4, -0.2) is 14.8 Å². The quantitative estimate of drug-likeness (QED) is 0.541. The molecule has 0 aliphatic carbocycles. The first-order chi connectivity index (χ1) is 10.1. The molecule has 21 heavy (non-hydrogen) atoms. The molecule has 0 spiro atoms. The molecular formula is C13H7N3O4S. The van der Waals surface area contributed by atoms with Gasteiger partial charge in [0.1, 0.15) is 5.01 Å². The highest BCUT2D eigenvalue weighted by molar-refractivity contribution is 7.21. The predicted molar refractivity (Wildman–Crippen MR) is 78.4 cm³/mol. The van der Waals surface area contributed by atoms with Crippen molar-refractivity contribution in [1.82, 2.24) is 4.98 Å². The normalized spacial score (nSPS) is 10.7. The molecule has 104 valence electrons. The molecule has 0 radical (unpaired) electrons. The second-order valence-electron chi connectivity index (χ2n) is 4.18. The van der Waals surface area contributed by atoms with E-state index >= 15 is 0 Å². The van der Waals surface area contributed by atoms with E-state index < -0.39 is 21.2 Å². The first-order valence-electron chi connectivity index (χ1n) is 5.85. The lowest BCUT2D eigenvalue weighted by Gasteiger charge is -1.95. The molecule has 3 aromatic rings. The number of hydrogen-bond acceptors (Lipinski definition) is 6. The zero-order chi connectivity index (χ0) is 15.0. The fourth-order valence-corrected chi connectivity index (χ4v) is 2.98. The van der Waals surface area contributed by atoms with E-state index in [1.165, 1.54) is 17.4 Å². The average molecular weight is 301 g/mol. The Morgan fingerprint density at radius 1 is 0.952 bits per heavy atom. The van der Waals surface area contributed by atoms with Gasteiger partial charge < -0.3 is 0 Å². The third-order valence-corrected chi connectivity index (χ3v) is 3.98. The van der Waals surface area contributed by atoms with Gasteiger partial charge in [0.15, 0.2) is 5.52 Å². The zero-order valence-corrected chi connectivity index (χ0v) is 11.2. The Bertz CT molecular complexity index is 860. The molecular weight excluding hydrogens is 294 g/mol. The van der Waals surface area contributed by atoms with Crippen LogP contribution in [0.2, 0.25) is 0 Å². The van der Waals surface area contributed by atoms with Gasteiger partial charge in [-0.25, -0.2) is 4.98 Å². The van der Waals surface area contributed by atoms with E-state index in [4.69, 9.17) is 0 Å². The molecule has 7 nitrogen and oxygen atoms in total. The first-order valence-corrected chi connectivity index (χ1v) is 6.67. The highest BCUT2D eigenvalue weighted by Gasteiger charge is 2.29. The fourth-order valence-electron chi connectivity index (χ4n) is 2.00. The second kappa shape index (κ2) is 4.91. The van der Waals surface area contributed by atoms with Gasteiger partial charge in [0.25, 0.3) is 0 Å². The number of rotatable bonds is 3. The number of thiazole rings is 1. The minimum Gasteiger partial charge on any atom is -0.258 e. The molecule has 2 aromatic carbocycles. The molecule has 0 aliphatic heterocycles. The van der Waals surface area contributed by atoms with Crippen LogP contribution in [0.5, 0.6) is 0 Å². The number of fused-ring (bicyclic) bond motifs is 1. The van der Waals surface area contributed by atoms with Gasteiger partial charge >= 0.3 is 11.4 Å². The van der Waals surface area contributed by atoms with Gasteiger partial charge in [-0.05, 0) is 6.07 Å². The number of aromatic nitrogens is 1. The van der Waals surface area contributed by atoms with Gasteiger partial charge in [0.2, 0.25) is 0 Å². The summed E-state index contributed by atoms with van der Waals surface area (Å²) in [5, 5.41) is 22.7. The van der Waals surface area contributed by atoms with Gasteiger partial charge in [-0.1, -0.05) is 30.3 Å². The Morgan fingerprint density at radius 3 is 2.29 bits per heavy atom. The molecule has 0 aliphatic rings. The summed E-state index contributed by atoms with van der Waals surface area (Å²) < 4.78 is 0.547. The van der Waals surface area contributed by atoms with Crippen LogP contribution in [-0.2, 0) is 0 Å². The fraction of sp³-hybridized carbons (Fsp3) is 0. The molecule has 1 aromatic heterocycles. The van der Waals surface area contributed by atoms with E-state index in [1.54, 1.807) is 0 Å². The molecule has 0 saturated heterocycles. The molecule has 0 atom stereocenters. The maximum Gasteiger partial charge on any atom is 0.372 e. The maximum absolute atomic E-state index is 11.2. The Kier molecular flexibility index (Phi) is 3.07. The topological polar surface area (TPSA) is 99.2 Å². The predicted octanol–water partition coefficient (Wildman–Crippen LogP) is 3.78. The van der Waals surface area contributed by atoms with Gasteiger partial charge in [-0.15, -0.1) is 11.3 Å². The SMILES string of the molecule is O=[N+]([O-])c1ccc2sc(-c3ccccc3)nc2c1[N+](=O)[O-]. The van der Waals surface area contributed by atoms with E-state index in [0.29, 0.717) is 9.71 Å². The van der Waals surface area contributed by atoms with Crippen LogP contribution in [0.1, 0.15) is 0 Å².